The number of amides is 1. The van der Waals surface area contributed by atoms with E-state index in [1.165, 1.54) is 10.4 Å². The number of carbonyl (C=O) groups excluding carboxylic acids is 1. The molecule has 0 radical (unpaired) electrons. The van der Waals surface area contributed by atoms with E-state index in [4.69, 9.17) is 4.74 Å². The summed E-state index contributed by atoms with van der Waals surface area (Å²) in [6, 6.07) is 8.32. The molecule has 2 aliphatic rings. The van der Waals surface area contributed by atoms with Crippen LogP contribution in [0, 0.1) is 6.92 Å². The van der Waals surface area contributed by atoms with Crippen LogP contribution in [-0.4, -0.2) is 59.6 Å². The first-order valence-corrected chi connectivity index (χ1v) is 10.4. The molecule has 2 aromatic rings. The van der Waals surface area contributed by atoms with E-state index in [9.17, 15) is 4.79 Å². The van der Waals surface area contributed by atoms with Crippen LogP contribution in [0.5, 0.6) is 0 Å². The topological polar surface area (TPSA) is 57.7 Å². The second-order valence-electron chi connectivity index (χ2n) is 7.23. The molecular weight excluding hydrogens is 360 g/mol. The lowest BCUT2D eigenvalue weighted by Gasteiger charge is -2.35. The number of benzene rings is 1. The van der Waals surface area contributed by atoms with Crippen molar-refractivity contribution in [1.82, 2.24) is 14.8 Å². The van der Waals surface area contributed by atoms with Crippen molar-refractivity contribution in [2.24, 2.45) is 0 Å². The van der Waals surface area contributed by atoms with Crippen molar-refractivity contribution in [2.45, 2.75) is 32.4 Å². The zero-order chi connectivity index (χ0) is 18.6. The SMILES string of the molecule is Cc1ccc(Nc2ncc(CN3CCN(C(=O)C4CCCO4)CC3)s2)cc1. The number of hydrogen-bond acceptors (Lipinski definition) is 6. The Bertz CT molecular complexity index is 763. The molecule has 1 unspecified atom stereocenters. The second-order valence-corrected chi connectivity index (χ2v) is 8.34. The normalized spacial score (nSPS) is 20.8. The first-order chi connectivity index (χ1) is 13.2. The van der Waals surface area contributed by atoms with Gasteiger partial charge in [-0.15, -0.1) is 11.3 Å². The van der Waals surface area contributed by atoms with E-state index in [2.05, 4.69) is 46.4 Å². The highest BCUT2D eigenvalue weighted by Crippen LogP contribution is 2.24. The fraction of sp³-hybridized carbons (Fsp3) is 0.500. The third-order valence-electron chi connectivity index (χ3n) is 5.12. The van der Waals surface area contributed by atoms with E-state index >= 15 is 0 Å². The highest BCUT2D eigenvalue weighted by atomic mass is 32.1. The third-order valence-corrected chi connectivity index (χ3v) is 6.02. The molecule has 27 heavy (non-hydrogen) atoms. The Hall–Kier alpha value is -1.96. The Morgan fingerprint density at radius 3 is 2.74 bits per heavy atom. The molecule has 0 bridgehead atoms. The smallest absolute Gasteiger partial charge is 0.251 e. The summed E-state index contributed by atoms with van der Waals surface area (Å²) in [5.41, 5.74) is 2.31. The maximum Gasteiger partial charge on any atom is 0.251 e. The number of aryl methyl sites for hydroxylation is 1. The van der Waals surface area contributed by atoms with Crippen molar-refractivity contribution < 1.29 is 9.53 Å². The van der Waals surface area contributed by atoms with Gasteiger partial charge in [-0.3, -0.25) is 9.69 Å². The number of nitrogens with zero attached hydrogens (tertiary/aromatic N) is 3. The van der Waals surface area contributed by atoms with Crippen LogP contribution in [0.2, 0.25) is 0 Å². The molecule has 1 aromatic heterocycles. The molecule has 0 saturated carbocycles. The highest BCUT2D eigenvalue weighted by molar-refractivity contribution is 7.15. The van der Waals surface area contributed by atoms with Gasteiger partial charge in [-0.25, -0.2) is 4.98 Å². The zero-order valence-electron chi connectivity index (χ0n) is 15.7. The number of thiazole rings is 1. The van der Waals surface area contributed by atoms with Gasteiger partial charge in [0.1, 0.15) is 6.10 Å². The van der Waals surface area contributed by atoms with Gasteiger partial charge in [0.2, 0.25) is 0 Å². The van der Waals surface area contributed by atoms with Gasteiger partial charge in [-0.05, 0) is 31.9 Å². The van der Waals surface area contributed by atoms with Crippen LogP contribution in [0.1, 0.15) is 23.3 Å². The second kappa shape index (κ2) is 8.37. The summed E-state index contributed by atoms with van der Waals surface area (Å²) in [6.07, 6.45) is 3.62. The number of aromatic nitrogens is 1. The van der Waals surface area contributed by atoms with E-state index in [0.717, 1.165) is 63.0 Å². The fourth-order valence-corrected chi connectivity index (χ4v) is 4.40. The van der Waals surface area contributed by atoms with Gasteiger partial charge in [0, 0.05) is 56.1 Å². The molecule has 4 rings (SSSR count). The minimum Gasteiger partial charge on any atom is -0.368 e. The van der Waals surface area contributed by atoms with Crippen molar-refractivity contribution in [3.05, 3.63) is 40.9 Å². The van der Waals surface area contributed by atoms with Crippen molar-refractivity contribution in [2.75, 3.05) is 38.1 Å². The lowest BCUT2D eigenvalue weighted by atomic mass is 10.2. The molecule has 2 fully saturated rings. The number of hydrogen-bond donors (Lipinski definition) is 1. The third kappa shape index (κ3) is 4.66. The Morgan fingerprint density at radius 2 is 2.04 bits per heavy atom. The standard InChI is InChI=1S/C20H26N4O2S/c1-15-4-6-16(7-5-15)22-20-21-13-17(27-20)14-23-8-10-24(11-9-23)19(25)18-3-2-12-26-18/h4-7,13,18H,2-3,8-12,14H2,1H3,(H,21,22). The van der Waals surface area contributed by atoms with Crippen molar-refractivity contribution in [3.8, 4) is 0 Å². The average molecular weight is 387 g/mol. The van der Waals surface area contributed by atoms with E-state index < -0.39 is 0 Å². The minimum absolute atomic E-state index is 0.175. The predicted octanol–water partition coefficient (Wildman–Crippen LogP) is 3.02. The highest BCUT2D eigenvalue weighted by Gasteiger charge is 2.30. The van der Waals surface area contributed by atoms with Crippen LogP contribution in [0.4, 0.5) is 10.8 Å². The van der Waals surface area contributed by atoms with E-state index in [1.54, 1.807) is 11.3 Å². The Balaban J connectivity index is 1.26. The summed E-state index contributed by atoms with van der Waals surface area (Å²) < 4.78 is 5.53. The summed E-state index contributed by atoms with van der Waals surface area (Å²) in [7, 11) is 0. The molecule has 2 aliphatic heterocycles. The van der Waals surface area contributed by atoms with Gasteiger partial charge >= 0.3 is 0 Å². The molecule has 0 aliphatic carbocycles. The van der Waals surface area contributed by atoms with E-state index in [0.29, 0.717) is 0 Å². The van der Waals surface area contributed by atoms with Crippen LogP contribution in [-0.2, 0) is 16.1 Å². The molecular formula is C20H26N4O2S. The molecule has 1 amide bonds. The predicted molar refractivity (Wildman–Crippen MR) is 107 cm³/mol. The average Bonchev–Trinajstić information content (AvgIpc) is 3.36. The van der Waals surface area contributed by atoms with Gasteiger partial charge in [-0.1, -0.05) is 17.7 Å². The maximum atomic E-state index is 12.4. The summed E-state index contributed by atoms with van der Waals surface area (Å²) in [6.45, 7) is 7.06. The number of nitrogens with one attached hydrogen (secondary N) is 1. The lowest BCUT2D eigenvalue weighted by molar-refractivity contribution is -0.142. The summed E-state index contributed by atoms with van der Waals surface area (Å²) >= 11 is 1.69. The number of anilines is 2. The van der Waals surface area contributed by atoms with Crippen LogP contribution in [0.15, 0.2) is 30.5 Å². The molecule has 7 heteroatoms. The summed E-state index contributed by atoms with van der Waals surface area (Å²) in [5, 5.41) is 4.28. The number of carbonyl (C=O) groups is 1. The Kier molecular flexibility index (Phi) is 5.71. The van der Waals surface area contributed by atoms with E-state index in [1.807, 2.05) is 11.1 Å². The fourth-order valence-electron chi connectivity index (χ4n) is 3.52. The van der Waals surface area contributed by atoms with Crippen LogP contribution in [0.3, 0.4) is 0 Å². The first kappa shape index (κ1) is 18.4. The van der Waals surface area contributed by atoms with E-state index in [-0.39, 0.29) is 12.0 Å². The van der Waals surface area contributed by atoms with Gasteiger partial charge in [-0.2, -0.15) is 0 Å². The summed E-state index contributed by atoms with van der Waals surface area (Å²) in [5.74, 6) is 0.175. The van der Waals surface area contributed by atoms with Crippen LogP contribution >= 0.6 is 11.3 Å². The first-order valence-electron chi connectivity index (χ1n) is 9.58. The maximum absolute atomic E-state index is 12.4. The number of rotatable bonds is 5. The molecule has 3 heterocycles. The molecule has 0 spiro atoms. The van der Waals surface area contributed by atoms with Gasteiger partial charge in [0.25, 0.3) is 5.91 Å². The van der Waals surface area contributed by atoms with Crippen molar-refractivity contribution in [1.29, 1.82) is 0 Å². The minimum atomic E-state index is -0.201. The molecule has 1 N–H and O–H groups in total. The van der Waals surface area contributed by atoms with Gasteiger partial charge < -0.3 is 15.0 Å². The molecule has 2 saturated heterocycles. The Labute approximate surface area is 164 Å². The molecule has 144 valence electrons. The Morgan fingerprint density at radius 1 is 1.26 bits per heavy atom. The summed E-state index contributed by atoms with van der Waals surface area (Å²) in [4.78, 5) is 22.5. The number of piperazine rings is 1. The zero-order valence-corrected chi connectivity index (χ0v) is 16.5. The van der Waals surface area contributed by atoms with Gasteiger partial charge in [0.15, 0.2) is 5.13 Å². The van der Waals surface area contributed by atoms with Gasteiger partial charge in [0.05, 0.1) is 0 Å². The van der Waals surface area contributed by atoms with Crippen molar-refractivity contribution >= 4 is 28.1 Å². The number of ether oxygens (including phenoxy) is 1. The van der Waals surface area contributed by atoms with Crippen LogP contribution in [0.25, 0.3) is 0 Å². The lowest BCUT2D eigenvalue weighted by Crippen LogP contribution is -2.51. The molecule has 1 atom stereocenters. The molecule has 1 aromatic carbocycles. The van der Waals surface area contributed by atoms with Crippen LogP contribution < -0.4 is 5.32 Å². The molecule has 6 nitrogen and oxygen atoms in total. The quantitative estimate of drug-likeness (QED) is 0.856. The largest absolute Gasteiger partial charge is 0.368 e. The monoisotopic (exact) mass is 386 g/mol. The van der Waals surface area contributed by atoms with Crippen molar-refractivity contribution in [3.63, 3.8) is 0 Å².